The minimum atomic E-state index is -0.799. The van der Waals surface area contributed by atoms with Crippen LogP contribution in [0.25, 0.3) is 0 Å². The first kappa shape index (κ1) is 36.9. The Morgan fingerprint density at radius 3 is 2.50 bits per heavy atom. The number of nitrogens with one attached hydrogen (secondary N) is 1. The van der Waals surface area contributed by atoms with Crippen LogP contribution in [-0.2, 0) is 34.9 Å². The van der Waals surface area contributed by atoms with Crippen molar-refractivity contribution in [1.29, 1.82) is 0 Å². The molecule has 5 atom stereocenters. The predicted molar refractivity (Wildman–Crippen MR) is 185 cm³/mol. The second kappa shape index (κ2) is 20.4. The van der Waals surface area contributed by atoms with Crippen molar-refractivity contribution in [2.75, 3.05) is 13.2 Å². The minimum Gasteiger partial charge on any atom is -0.458 e. The van der Waals surface area contributed by atoms with Gasteiger partial charge in [-0.15, -0.1) is 10.1 Å². The Morgan fingerprint density at radius 1 is 1.00 bits per heavy atom. The quantitative estimate of drug-likeness (QED) is 0.0437. The number of amides is 1. The molecule has 1 aliphatic heterocycles. The molecule has 1 saturated heterocycles. The Balaban J connectivity index is 1.42. The van der Waals surface area contributed by atoms with E-state index in [-0.39, 0.29) is 48.9 Å². The molecule has 258 valence electrons. The molecule has 2 aromatic carbocycles. The number of hydrogen-bond acceptors (Lipinski definition) is 8. The van der Waals surface area contributed by atoms with Crippen LogP contribution >= 0.6 is 0 Å². The third-order valence-electron chi connectivity index (χ3n) is 8.87. The SMILES string of the molecule is CCNC(=O)CCC/C=C\C[C@@H]1[C@@H](C=CC(CCc2ccccc2)OC(=O)CCCCCO[N+](=O)[O-])[C@H]2C[C@@H]1OB(c1ccccc1)O2. The number of hydrogen-bond donors (Lipinski definition) is 1. The molecule has 1 saturated carbocycles. The molecule has 1 amide bonds. The molecular formula is C37H49BN2O8. The average Bonchev–Trinajstić information content (AvgIpc) is 3.33. The van der Waals surface area contributed by atoms with Gasteiger partial charge in [-0.05, 0) is 81.3 Å². The Morgan fingerprint density at radius 2 is 1.75 bits per heavy atom. The van der Waals surface area contributed by atoms with Gasteiger partial charge in [-0.1, -0.05) is 85.3 Å². The van der Waals surface area contributed by atoms with Gasteiger partial charge < -0.3 is 24.2 Å². The second-order valence-corrected chi connectivity index (χ2v) is 12.4. The van der Waals surface area contributed by atoms with E-state index in [0.717, 1.165) is 37.6 Å². The van der Waals surface area contributed by atoms with Gasteiger partial charge in [-0.25, -0.2) is 0 Å². The van der Waals surface area contributed by atoms with Crippen LogP contribution in [0.1, 0.15) is 76.7 Å². The topological polar surface area (TPSA) is 126 Å². The summed E-state index contributed by atoms with van der Waals surface area (Å²) in [4.78, 5) is 39.4. The number of rotatable bonds is 21. The number of aryl methyl sites for hydroxylation is 1. The number of carbonyl (C=O) groups is 2. The molecule has 4 rings (SSSR count). The predicted octanol–water partition coefficient (Wildman–Crippen LogP) is 5.92. The van der Waals surface area contributed by atoms with Crippen LogP contribution in [0.2, 0.25) is 0 Å². The number of ether oxygens (including phenoxy) is 1. The molecule has 11 heteroatoms. The maximum atomic E-state index is 12.9. The van der Waals surface area contributed by atoms with E-state index < -0.39 is 18.3 Å². The van der Waals surface area contributed by atoms with Crippen LogP contribution in [0.4, 0.5) is 0 Å². The fourth-order valence-corrected chi connectivity index (χ4v) is 6.43. The number of carbonyl (C=O) groups excluding carboxylic acids is 2. The Kier molecular flexibility index (Phi) is 15.7. The van der Waals surface area contributed by atoms with Gasteiger partial charge in [0.05, 0.1) is 12.7 Å². The smallest absolute Gasteiger partial charge is 0.458 e. The van der Waals surface area contributed by atoms with Gasteiger partial charge in [0.15, 0.2) is 0 Å². The van der Waals surface area contributed by atoms with Gasteiger partial charge in [0.25, 0.3) is 5.09 Å². The lowest BCUT2D eigenvalue weighted by Gasteiger charge is -2.28. The van der Waals surface area contributed by atoms with Gasteiger partial charge >= 0.3 is 13.1 Å². The molecule has 2 bridgehead atoms. The highest BCUT2D eigenvalue weighted by atomic mass is 16.9. The van der Waals surface area contributed by atoms with E-state index in [0.29, 0.717) is 38.6 Å². The third-order valence-corrected chi connectivity index (χ3v) is 8.87. The minimum absolute atomic E-state index is 0.0215. The van der Waals surface area contributed by atoms with E-state index >= 15 is 0 Å². The van der Waals surface area contributed by atoms with Crippen molar-refractivity contribution in [3.05, 3.63) is 101 Å². The molecule has 0 radical (unpaired) electrons. The Bertz CT molecular complexity index is 1330. The average molecular weight is 661 g/mol. The zero-order valence-corrected chi connectivity index (χ0v) is 28.0. The lowest BCUT2D eigenvalue weighted by atomic mass is 9.77. The normalized spacial score (nSPS) is 21.0. The van der Waals surface area contributed by atoms with E-state index in [9.17, 15) is 19.7 Å². The lowest BCUT2D eigenvalue weighted by molar-refractivity contribution is -0.757. The first-order valence-electron chi connectivity index (χ1n) is 17.4. The van der Waals surface area contributed by atoms with E-state index in [1.54, 1.807) is 0 Å². The number of allylic oxidation sites excluding steroid dienone is 2. The number of fused-ring (bicyclic) bond motifs is 2. The molecule has 1 heterocycles. The van der Waals surface area contributed by atoms with Gasteiger partial charge in [0, 0.05) is 31.4 Å². The van der Waals surface area contributed by atoms with E-state index in [1.165, 1.54) is 5.56 Å². The standard InChI is InChI=1S/C37H49BN2O8/c1-2-39-36(41)21-13-4-3-12-20-32-33(35-28-34(32)47-38(48-35)30-18-10-6-11-19-30)26-25-31(24-23-29-16-8-5-9-17-29)46-37(42)22-14-7-15-27-45-40(43)44/h3,5-6,8-12,16-19,25-26,31-35H,2,4,7,13-15,20-24,27-28H2,1H3,(H,39,41)/b12-3-,26-25?/t31?,32-,33-,34+,35-/m1/s1. The van der Waals surface area contributed by atoms with Crippen molar-refractivity contribution in [2.24, 2.45) is 11.8 Å². The number of unbranched alkanes of at least 4 members (excludes halogenated alkanes) is 3. The molecule has 0 aromatic heterocycles. The van der Waals surface area contributed by atoms with Crippen LogP contribution in [-0.4, -0.2) is 55.5 Å². The molecule has 48 heavy (non-hydrogen) atoms. The van der Waals surface area contributed by atoms with Crippen LogP contribution in [0.5, 0.6) is 0 Å². The summed E-state index contributed by atoms with van der Waals surface area (Å²) in [6, 6.07) is 20.2. The highest BCUT2D eigenvalue weighted by Crippen LogP contribution is 2.43. The summed E-state index contributed by atoms with van der Waals surface area (Å²) >= 11 is 0. The molecule has 2 fully saturated rings. The van der Waals surface area contributed by atoms with Crippen LogP contribution in [0.15, 0.2) is 85.0 Å². The summed E-state index contributed by atoms with van der Waals surface area (Å²) in [5.41, 5.74) is 2.17. The van der Waals surface area contributed by atoms with Crippen molar-refractivity contribution in [3.63, 3.8) is 0 Å². The van der Waals surface area contributed by atoms with E-state index in [1.807, 2.05) is 61.5 Å². The first-order chi connectivity index (χ1) is 23.4. The van der Waals surface area contributed by atoms with Crippen molar-refractivity contribution < 1.29 is 33.6 Å². The summed E-state index contributed by atoms with van der Waals surface area (Å²) in [7, 11) is -0.431. The summed E-state index contributed by atoms with van der Waals surface area (Å²) in [6.07, 6.45) is 15.3. The third kappa shape index (κ3) is 12.6. The Labute approximate surface area is 284 Å². The van der Waals surface area contributed by atoms with E-state index in [4.69, 9.17) is 14.0 Å². The highest BCUT2D eigenvalue weighted by Gasteiger charge is 2.50. The summed E-state index contributed by atoms with van der Waals surface area (Å²) in [6.45, 7) is 2.60. The molecular weight excluding hydrogens is 611 g/mol. The summed E-state index contributed by atoms with van der Waals surface area (Å²) in [5.74, 6) is 0.0616. The number of esters is 1. The molecule has 1 aliphatic carbocycles. The Hall–Kier alpha value is -3.96. The second-order valence-electron chi connectivity index (χ2n) is 12.4. The van der Waals surface area contributed by atoms with Gasteiger partial charge in [0.2, 0.25) is 5.91 Å². The van der Waals surface area contributed by atoms with Crippen LogP contribution < -0.4 is 10.8 Å². The molecule has 2 aromatic rings. The van der Waals surface area contributed by atoms with Crippen molar-refractivity contribution in [1.82, 2.24) is 5.32 Å². The first-order valence-corrected chi connectivity index (χ1v) is 17.4. The molecule has 2 aliphatic rings. The van der Waals surface area contributed by atoms with Gasteiger partial charge in [0.1, 0.15) is 6.10 Å². The fraction of sp³-hybridized carbons (Fsp3) is 0.514. The van der Waals surface area contributed by atoms with Crippen molar-refractivity contribution in [3.8, 4) is 0 Å². The van der Waals surface area contributed by atoms with E-state index in [2.05, 4.69) is 40.5 Å². The fourth-order valence-electron chi connectivity index (χ4n) is 6.43. The number of nitrogens with zero attached hydrogens (tertiary/aromatic N) is 1. The molecule has 10 nitrogen and oxygen atoms in total. The summed E-state index contributed by atoms with van der Waals surface area (Å²) in [5, 5.41) is 12.4. The zero-order chi connectivity index (χ0) is 34.0. The highest BCUT2D eigenvalue weighted by molar-refractivity contribution is 6.61. The van der Waals surface area contributed by atoms with Crippen molar-refractivity contribution >= 4 is 24.5 Å². The lowest BCUT2D eigenvalue weighted by Crippen LogP contribution is -2.45. The molecule has 0 spiro atoms. The largest absolute Gasteiger partial charge is 0.494 e. The van der Waals surface area contributed by atoms with Crippen molar-refractivity contribution in [2.45, 2.75) is 95.9 Å². The monoisotopic (exact) mass is 660 g/mol. The molecule has 1 unspecified atom stereocenters. The summed E-state index contributed by atoms with van der Waals surface area (Å²) < 4.78 is 19.1. The number of benzene rings is 2. The molecule has 1 N–H and O–H groups in total. The van der Waals surface area contributed by atoms with Gasteiger partial charge in [-0.2, -0.15) is 0 Å². The van der Waals surface area contributed by atoms with Crippen LogP contribution in [0, 0.1) is 22.0 Å². The maximum absolute atomic E-state index is 12.9. The maximum Gasteiger partial charge on any atom is 0.494 e. The van der Waals surface area contributed by atoms with Gasteiger partial charge in [-0.3, -0.25) is 9.59 Å². The van der Waals surface area contributed by atoms with Crippen LogP contribution in [0.3, 0.4) is 0 Å². The zero-order valence-electron chi connectivity index (χ0n) is 28.0.